The van der Waals surface area contributed by atoms with Crippen molar-refractivity contribution in [2.45, 2.75) is 37.6 Å². The quantitative estimate of drug-likeness (QED) is 0.457. The summed E-state index contributed by atoms with van der Waals surface area (Å²) < 4.78 is 0. The van der Waals surface area contributed by atoms with Crippen molar-refractivity contribution >= 4 is 32.7 Å². The summed E-state index contributed by atoms with van der Waals surface area (Å²) in [7, 11) is 0. The molecule has 0 aliphatic rings. The van der Waals surface area contributed by atoms with Crippen molar-refractivity contribution < 1.29 is 19.8 Å². The van der Waals surface area contributed by atoms with Gasteiger partial charge in [-0.3, -0.25) is 9.59 Å². The Kier molecular flexibility index (Phi) is 19.2. The molecule has 0 amide bonds. The van der Waals surface area contributed by atoms with Crippen LogP contribution in [0.15, 0.2) is 23.7 Å². The number of aliphatic hydroxyl groups is 2. The number of allylic oxidation sites excluding steroid dienone is 4. The fourth-order valence-electron chi connectivity index (χ4n) is 0.588. The molecule has 0 fully saturated rings. The molecule has 98 valence electrons. The predicted molar refractivity (Wildman–Crippen MR) is 71.6 cm³/mol. The fraction of sp³-hybridized carbons (Fsp3) is 0.500. The summed E-state index contributed by atoms with van der Waals surface area (Å²) in [6.07, 6.45) is 2.33. The molecule has 17 heavy (non-hydrogen) atoms. The van der Waals surface area contributed by atoms with Crippen LogP contribution in [-0.2, 0) is 9.59 Å². The molecule has 0 spiro atoms. The summed E-state index contributed by atoms with van der Waals surface area (Å²) in [5.74, 6) is -0.125. The van der Waals surface area contributed by atoms with Crippen LogP contribution >= 0.6 is 0 Å². The average Bonchev–Trinajstić information content (AvgIpc) is 1.99. The number of aliphatic hydroxyl groups excluding tert-OH is 2. The van der Waals surface area contributed by atoms with E-state index >= 15 is 0 Å². The maximum absolute atomic E-state index is 10.0. The number of carbonyl (C=O) groups excluding carboxylic acids is 2. The van der Waals surface area contributed by atoms with Gasteiger partial charge < -0.3 is 10.2 Å². The van der Waals surface area contributed by atoms with Gasteiger partial charge in [-0.2, -0.15) is 0 Å². The summed E-state index contributed by atoms with van der Waals surface area (Å²) in [5.41, 5.74) is 0. The second kappa shape index (κ2) is 15.2. The van der Waals surface area contributed by atoms with Crippen LogP contribution < -0.4 is 0 Å². The van der Waals surface area contributed by atoms with E-state index in [1.54, 1.807) is 0 Å². The molecule has 0 aromatic rings. The predicted octanol–water partition coefficient (Wildman–Crippen LogP) is 2.86. The molecule has 0 aromatic carbocycles. The number of hydrogen-bond donors (Lipinski definition) is 2. The molecule has 4 nitrogen and oxygen atoms in total. The Hall–Kier alpha value is -0.781. The average molecular weight is 349 g/mol. The van der Waals surface area contributed by atoms with Gasteiger partial charge in [0, 0.05) is 12.2 Å². The number of hydrogen-bond acceptors (Lipinski definition) is 4. The third kappa shape index (κ3) is 51.0. The summed E-state index contributed by atoms with van der Waals surface area (Å²) >= 11 is 0.230. The van der Waals surface area contributed by atoms with E-state index in [1.165, 1.54) is 39.8 Å². The first-order valence-electron chi connectivity index (χ1n) is 5.01. The van der Waals surface area contributed by atoms with Crippen molar-refractivity contribution in [2.75, 3.05) is 0 Å². The molecule has 0 unspecified atom stereocenters. The van der Waals surface area contributed by atoms with Crippen molar-refractivity contribution in [3.8, 4) is 0 Å². The zero-order valence-corrected chi connectivity index (χ0v) is 14.2. The molecule has 2 N–H and O–H groups in total. The van der Waals surface area contributed by atoms with Gasteiger partial charge in [-0.15, -0.1) is 0 Å². The Balaban J connectivity index is -0.000000188. The molecule has 5 heteroatoms. The van der Waals surface area contributed by atoms with E-state index in [-0.39, 0.29) is 44.2 Å². The van der Waals surface area contributed by atoms with Crippen LogP contribution in [0.1, 0.15) is 27.7 Å². The first-order chi connectivity index (χ1) is 7.67. The van der Waals surface area contributed by atoms with E-state index in [0.29, 0.717) is 0 Å². The van der Waals surface area contributed by atoms with Gasteiger partial charge in [0.05, 0.1) is 11.5 Å². The van der Waals surface area contributed by atoms with Gasteiger partial charge in [0.1, 0.15) is 0 Å². The van der Waals surface area contributed by atoms with E-state index in [9.17, 15) is 9.59 Å². The Labute approximate surface area is 114 Å². The standard InChI is InChI=1S/2C5H8O2.2CH3.Sn/c2*1-4(6)3-5(2)7;;;/h2*3,6H,1-2H3;2*1H3;/b2*4-3-;;;. The minimum absolute atomic E-state index is 0.0625. The van der Waals surface area contributed by atoms with Crippen LogP contribution in [0.2, 0.25) is 9.88 Å². The Morgan fingerprint density at radius 3 is 1.00 bits per heavy atom. The molecule has 0 saturated heterocycles. The zero-order chi connectivity index (χ0) is 14.4. The molecule has 0 heterocycles. The molecule has 0 aromatic heterocycles. The zero-order valence-electron chi connectivity index (χ0n) is 11.4. The third-order valence-corrected chi connectivity index (χ3v) is 0.824. The third-order valence-electron chi connectivity index (χ3n) is 0.824. The van der Waals surface area contributed by atoms with Crippen LogP contribution in [-0.4, -0.2) is 42.9 Å². The van der Waals surface area contributed by atoms with E-state index in [1.807, 2.05) is 0 Å². The summed E-state index contributed by atoms with van der Waals surface area (Å²) in [4.78, 5) is 24.6. The van der Waals surface area contributed by atoms with Crippen molar-refractivity contribution in [1.82, 2.24) is 0 Å². The molecule has 0 atom stereocenters. The fourth-order valence-corrected chi connectivity index (χ4v) is 0.588. The first-order valence-corrected chi connectivity index (χ1v) is 10.7. The minimum atomic E-state index is -0.125. The summed E-state index contributed by atoms with van der Waals surface area (Å²) in [5, 5.41) is 16.7. The van der Waals surface area contributed by atoms with Crippen LogP contribution in [0.5, 0.6) is 0 Å². The van der Waals surface area contributed by atoms with E-state index < -0.39 is 0 Å². The van der Waals surface area contributed by atoms with Crippen molar-refractivity contribution in [3.05, 3.63) is 23.7 Å². The summed E-state index contributed by atoms with van der Waals surface area (Å²) in [6.45, 7) is 5.70. The second-order valence-corrected chi connectivity index (χ2v) is 6.15. The van der Waals surface area contributed by atoms with E-state index in [2.05, 4.69) is 9.88 Å². The van der Waals surface area contributed by atoms with E-state index in [0.717, 1.165) is 0 Å². The first kappa shape index (κ1) is 21.5. The topological polar surface area (TPSA) is 74.6 Å². The molecule has 0 aliphatic heterocycles. The van der Waals surface area contributed by atoms with E-state index in [4.69, 9.17) is 10.2 Å². The Morgan fingerprint density at radius 1 is 0.824 bits per heavy atom. The molecule has 0 rings (SSSR count). The van der Waals surface area contributed by atoms with Gasteiger partial charge in [-0.05, 0) is 27.7 Å². The van der Waals surface area contributed by atoms with Crippen LogP contribution in [0, 0.1) is 0 Å². The van der Waals surface area contributed by atoms with Crippen LogP contribution in [0.25, 0.3) is 0 Å². The van der Waals surface area contributed by atoms with Crippen molar-refractivity contribution in [1.29, 1.82) is 0 Å². The normalized spacial score (nSPS) is 10.5. The molecule has 2 radical (unpaired) electrons. The van der Waals surface area contributed by atoms with Gasteiger partial charge in [0.25, 0.3) is 0 Å². The second-order valence-electron chi connectivity index (χ2n) is 3.29. The maximum atomic E-state index is 10.0. The van der Waals surface area contributed by atoms with Gasteiger partial charge in [-0.25, -0.2) is 0 Å². The van der Waals surface area contributed by atoms with Crippen molar-refractivity contribution in [2.24, 2.45) is 0 Å². The number of ketones is 2. The SMILES string of the molecule is CC(=O)/C=C(/C)O.CC(=O)/C=C(/C)O.[CH3][Sn][CH3]. The van der Waals surface area contributed by atoms with Crippen LogP contribution in [0.3, 0.4) is 0 Å². The molecular weight excluding hydrogens is 327 g/mol. The molecular formula is C12H22O4Sn. The van der Waals surface area contributed by atoms with Gasteiger partial charge in [0.2, 0.25) is 0 Å². The van der Waals surface area contributed by atoms with Crippen molar-refractivity contribution in [3.63, 3.8) is 0 Å². The number of carbonyl (C=O) groups is 2. The summed E-state index contributed by atoms with van der Waals surface area (Å²) in [6, 6.07) is 0. The van der Waals surface area contributed by atoms with Gasteiger partial charge in [-0.1, -0.05) is 0 Å². The monoisotopic (exact) mass is 350 g/mol. The van der Waals surface area contributed by atoms with Gasteiger partial charge in [0.15, 0.2) is 11.6 Å². The van der Waals surface area contributed by atoms with Crippen LogP contribution in [0.4, 0.5) is 0 Å². The van der Waals surface area contributed by atoms with Gasteiger partial charge >= 0.3 is 31.0 Å². The number of rotatable bonds is 2. The molecule has 0 bridgehead atoms. The Morgan fingerprint density at radius 2 is 1.00 bits per heavy atom. The molecule has 0 saturated carbocycles. The molecule has 0 aliphatic carbocycles. The Bertz CT molecular complexity index is 244.